The first-order valence-corrected chi connectivity index (χ1v) is 11.6. The maximum absolute atomic E-state index is 12.8. The second kappa shape index (κ2) is 9.64. The lowest BCUT2D eigenvalue weighted by Gasteiger charge is -2.16. The Labute approximate surface area is 190 Å². The van der Waals surface area contributed by atoms with Gasteiger partial charge in [0.05, 0.1) is 13.4 Å². The van der Waals surface area contributed by atoms with Crippen molar-refractivity contribution in [2.45, 2.75) is 65.3 Å². The first-order valence-electron chi connectivity index (χ1n) is 11.6. The number of furan rings is 1. The predicted octanol–water partition coefficient (Wildman–Crippen LogP) is 6.97. The molecule has 0 saturated heterocycles. The van der Waals surface area contributed by atoms with Crippen LogP contribution in [0.3, 0.4) is 0 Å². The van der Waals surface area contributed by atoms with Gasteiger partial charge in [-0.3, -0.25) is 4.79 Å². The number of nitrogens with one attached hydrogen (secondary N) is 1. The summed E-state index contributed by atoms with van der Waals surface area (Å²) in [6.45, 7) is 6.06. The summed E-state index contributed by atoms with van der Waals surface area (Å²) in [4.78, 5) is 12.8. The molecular formula is C28H33NO3. The van der Waals surface area contributed by atoms with E-state index in [1.54, 1.807) is 13.2 Å². The van der Waals surface area contributed by atoms with Crippen LogP contribution in [0, 0.1) is 13.8 Å². The van der Waals surface area contributed by atoms with Crippen molar-refractivity contribution >= 4 is 22.4 Å². The number of hydrogen-bond donors (Lipinski definition) is 1. The van der Waals surface area contributed by atoms with Gasteiger partial charge in [-0.15, -0.1) is 0 Å². The Hall–Kier alpha value is -3.01. The predicted molar refractivity (Wildman–Crippen MR) is 131 cm³/mol. The Morgan fingerprint density at radius 3 is 2.44 bits per heavy atom. The lowest BCUT2D eigenvalue weighted by Crippen LogP contribution is -2.33. The summed E-state index contributed by atoms with van der Waals surface area (Å²) in [7, 11) is 1.67. The normalized spacial score (nSPS) is 15.6. The molecule has 0 aliphatic heterocycles. The molecule has 3 aromatic rings. The minimum Gasteiger partial charge on any atom is -0.496 e. The zero-order valence-corrected chi connectivity index (χ0v) is 19.6. The minimum atomic E-state index is -0.0276. The van der Waals surface area contributed by atoms with Crippen molar-refractivity contribution in [3.8, 4) is 16.9 Å². The molecule has 1 aliphatic rings. The maximum atomic E-state index is 12.8. The number of hydrogen-bond acceptors (Lipinski definition) is 3. The van der Waals surface area contributed by atoms with Gasteiger partial charge in [0.25, 0.3) is 0 Å². The van der Waals surface area contributed by atoms with E-state index in [0.717, 1.165) is 57.4 Å². The van der Waals surface area contributed by atoms with Gasteiger partial charge in [-0.25, -0.2) is 0 Å². The third kappa shape index (κ3) is 4.59. The van der Waals surface area contributed by atoms with E-state index in [4.69, 9.17) is 9.15 Å². The van der Waals surface area contributed by atoms with Crippen LogP contribution >= 0.6 is 0 Å². The molecule has 4 heteroatoms. The molecule has 1 amide bonds. The number of methoxy groups -OCH3 is 1. The number of ether oxygens (including phenoxy) is 1. The van der Waals surface area contributed by atoms with Crippen molar-refractivity contribution in [2.24, 2.45) is 0 Å². The van der Waals surface area contributed by atoms with Crippen LogP contribution in [0.1, 0.15) is 62.1 Å². The molecule has 0 atom stereocenters. The maximum Gasteiger partial charge on any atom is 0.244 e. The van der Waals surface area contributed by atoms with Crippen molar-refractivity contribution in [1.29, 1.82) is 0 Å². The Kier molecular flexibility index (Phi) is 6.69. The highest BCUT2D eigenvalue weighted by Gasteiger charge is 2.19. The molecule has 1 fully saturated rings. The monoisotopic (exact) mass is 431 g/mol. The summed E-state index contributed by atoms with van der Waals surface area (Å²) in [5, 5.41) is 4.24. The van der Waals surface area contributed by atoms with Gasteiger partial charge in [0.15, 0.2) is 0 Å². The molecule has 0 unspecified atom stereocenters. The van der Waals surface area contributed by atoms with E-state index in [2.05, 4.69) is 42.6 Å². The summed E-state index contributed by atoms with van der Waals surface area (Å²) >= 11 is 0. The fourth-order valence-corrected chi connectivity index (χ4v) is 4.77. The molecule has 0 spiro atoms. The van der Waals surface area contributed by atoms with Crippen LogP contribution in [-0.2, 0) is 4.79 Å². The van der Waals surface area contributed by atoms with Crippen molar-refractivity contribution in [3.05, 3.63) is 59.4 Å². The molecule has 1 saturated carbocycles. The largest absolute Gasteiger partial charge is 0.496 e. The molecule has 1 N–H and O–H groups in total. The van der Waals surface area contributed by atoms with E-state index in [1.807, 2.05) is 20.1 Å². The number of aryl methyl sites for hydroxylation is 2. The highest BCUT2D eigenvalue weighted by Crippen LogP contribution is 2.40. The van der Waals surface area contributed by atoms with Crippen molar-refractivity contribution < 1.29 is 13.9 Å². The van der Waals surface area contributed by atoms with Gasteiger partial charge in [-0.1, -0.05) is 55.5 Å². The molecule has 0 bridgehead atoms. The van der Waals surface area contributed by atoms with Gasteiger partial charge in [0.1, 0.15) is 11.3 Å². The van der Waals surface area contributed by atoms with Gasteiger partial charge >= 0.3 is 0 Å². The van der Waals surface area contributed by atoms with Crippen molar-refractivity contribution in [2.75, 3.05) is 7.11 Å². The Morgan fingerprint density at radius 1 is 1.09 bits per heavy atom. The fraction of sp³-hybridized carbons (Fsp3) is 0.393. The third-order valence-corrected chi connectivity index (χ3v) is 6.58. The molecule has 4 nitrogen and oxygen atoms in total. The lowest BCUT2D eigenvalue weighted by molar-refractivity contribution is -0.117. The van der Waals surface area contributed by atoms with E-state index in [1.165, 1.54) is 31.2 Å². The molecule has 2 aromatic carbocycles. The van der Waals surface area contributed by atoms with Gasteiger partial charge in [-0.2, -0.15) is 0 Å². The summed E-state index contributed by atoms with van der Waals surface area (Å²) < 4.78 is 11.7. The summed E-state index contributed by atoms with van der Waals surface area (Å²) in [5.41, 5.74) is 6.93. The van der Waals surface area contributed by atoms with Crippen LogP contribution in [0.5, 0.6) is 5.75 Å². The molecule has 1 aliphatic carbocycles. The van der Waals surface area contributed by atoms with Crippen LogP contribution in [0.25, 0.3) is 27.7 Å². The number of benzene rings is 2. The highest BCUT2D eigenvalue weighted by molar-refractivity contribution is 6.01. The van der Waals surface area contributed by atoms with E-state index in [-0.39, 0.29) is 11.9 Å². The number of rotatable bonds is 5. The lowest BCUT2D eigenvalue weighted by atomic mass is 9.96. The number of fused-ring (bicyclic) bond motifs is 1. The molecular weight excluding hydrogens is 398 g/mol. The number of amides is 1. The Balaban J connectivity index is 1.70. The molecule has 4 rings (SSSR count). The van der Waals surface area contributed by atoms with Gasteiger partial charge < -0.3 is 14.5 Å². The van der Waals surface area contributed by atoms with Gasteiger partial charge in [-0.05, 0) is 50.8 Å². The third-order valence-electron chi connectivity index (χ3n) is 6.58. The molecule has 168 valence electrons. The van der Waals surface area contributed by atoms with Crippen LogP contribution in [-0.4, -0.2) is 19.1 Å². The van der Waals surface area contributed by atoms with Gasteiger partial charge in [0.2, 0.25) is 5.91 Å². The van der Waals surface area contributed by atoms with Crippen LogP contribution in [0.15, 0.2) is 47.1 Å². The van der Waals surface area contributed by atoms with Crippen molar-refractivity contribution in [1.82, 2.24) is 5.32 Å². The summed E-state index contributed by atoms with van der Waals surface area (Å²) in [6.07, 6.45) is 10.6. The SMILES string of the molecule is COc1c(/C(C)=C/C(=O)NC2CCCCCC2)cc2c(-c3ccc(C)cc3)coc2c1C. The fourth-order valence-electron chi connectivity index (χ4n) is 4.77. The minimum absolute atomic E-state index is 0.0276. The summed E-state index contributed by atoms with van der Waals surface area (Å²) in [5.74, 6) is 0.721. The number of carbonyl (C=O) groups excluding carboxylic acids is 1. The van der Waals surface area contributed by atoms with Crippen LogP contribution in [0.4, 0.5) is 0 Å². The van der Waals surface area contributed by atoms with E-state index >= 15 is 0 Å². The molecule has 32 heavy (non-hydrogen) atoms. The Bertz CT molecular complexity index is 1130. The van der Waals surface area contributed by atoms with E-state index in [9.17, 15) is 4.79 Å². The van der Waals surface area contributed by atoms with Gasteiger partial charge in [0, 0.05) is 34.2 Å². The van der Waals surface area contributed by atoms with E-state index < -0.39 is 0 Å². The molecule has 1 heterocycles. The second-order valence-corrected chi connectivity index (χ2v) is 9.00. The number of carbonyl (C=O) groups is 1. The van der Waals surface area contributed by atoms with Crippen molar-refractivity contribution in [3.63, 3.8) is 0 Å². The smallest absolute Gasteiger partial charge is 0.244 e. The topological polar surface area (TPSA) is 51.5 Å². The van der Waals surface area contributed by atoms with Crippen LogP contribution in [0.2, 0.25) is 0 Å². The second-order valence-electron chi connectivity index (χ2n) is 9.00. The average molecular weight is 432 g/mol. The molecule has 1 aromatic heterocycles. The van der Waals surface area contributed by atoms with Crippen LogP contribution < -0.4 is 10.1 Å². The Morgan fingerprint density at radius 2 is 1.78 bits per heavy atom. The standard InChI is InChI=1S/C28H33NO3/c1-18-11-13-21(14-12-18)25-17-32-28-20(3)27(31-4)23(16-24(25)28)19(2)15-26(30)29-22-9-7-5-6-8-10-22/h11-17,22H,5-10H2,1-4H3,(H,29,30)/b19-15+. The summed E-state index contributed by atoms with van der Waals surface area (Å²) in [6, 6.07) is 10.8. The zero-order valence-electron chi connectivity index (χ0n) is 19.6. The first kappa shape index (κ1) is 22.2. The zero-order chi connectivity index (χ0) is 22.7. The molecule has 0 radical (unpaired) electrons. The number of allylic oxidation sites excluding steroid dienone is 1. The average Bonchev–Trinajstić information content (AvgIpc) is 3.04. The first-order chi connectivity index (χ1) is 15.5. The van der Waals surface area contributed by atoms with E-state index in [0.29, 0.717) is 0 Å². The highest BCUT2D eigenvalue weighted by atomic mass is 16.5. The quantitative estimate of drug-likeness (QED) is 0.351.